The number of hydrogen-bond donors (Lipinski definition) is 0. The Hall–Kier alpha value is -2.47. The molecule has 1 atom stereocenters. The molecule has 28 heavy (non-hydrogen) atoms. The van der Waals surface area contributed by atoms with Crippen molar-refractivity contribution in [2.75, 3.05) is 0 Å². The second-order valence-electron chi connectivity index (χ2n) is 6.43. The molecule has 0 N–H and O–H groups in total. The molecule has 7 heteroatoms. The topological polar surface area (TPSA) is 35.5 Å². The van der Waals surface area contributed by atoms with Crippen LogP contribution in [-0.2, 0) is 16.1 Å². The Morgan fingerprint density at radius 3 is 2.57 bits per heavy atom. The van der Waals surface area contributed by atoms with Crippen molar-refractivity contribution in [3.05, 3.63) is 69.8 Å². The highest BCUT2D eigenvalue weighted by atomic mass is 35.5. The second-order valence-corrected chi connectivity index (χ2v) is 6.86. The van der Waals surface area contributed by atoms with Gasteiger partial charge in [0.1, 0.15) is 12.4 Å². The number of carbonyl (C=O) groups excluding carboxylic acids is 1. The molecule has 0 radical (unpaired) electrons. The molecule has 3 rings (SSSR count). The van der Waals surface area contributed by atoms with Crippen molar-refractivity contribution in [2.24, 2.45) is 0 Å². The average Bonchev–Trinajstić information content (AvgIpc) is 2.64. The van der Waals surface area contributed by atoms with Gasteiger partial charge in [-0.1, -0.05) is 42.8 Å². The third-order valence-corrected chi connectivity index (χ3v) is 4.81. The molecule has 0 spiro atoms. The molecule has 0 aromatic heterocycles. The van der Waals surface area contributed by atoms with Crippen molar-refractivity contribution >= 4 is 23.1 Å². The number of allylic oxidation sites excluding steroid dienone is 1. The molecule has 2 aromatic carbocycles. The van der Waals surface area contributed by atoms with Crippen LogP contribution >= 0.6 is 11.6 Å². The van der Waals surface area contributed by atoms with Crippen LogP contribution in [0, 0.1) is 6.92 Å². The van der Waals surface area contributed by atoms with E-state index in [0.717, 1.165) is 5.56 Å². The molecule has 1 aliphatic heterocycles. The van der Waals surface area contributed by atoms with E-state index in [-0.39, 0.29) is 24.4 Å². The Balaban J connectivity index is 1.96. The fourth-order valence-corrected chi connectivity index (χ4v) is 3.42. The number of halogens is 4. The van der Waals surface area contributed by atoms with Gasteiger partial charge in [-0.05, 0) is 48.2 Å². The normalized spacial score (nSPS) is 16.4. The molecule has 1 aliphatic rings. The number of aryl methyl sites for hydroxylation is 1. The van der Waals surface area contributed by atoms with Gasteiger partial charge >= 0.3 is 12.1 Å². The minimum Gasteiger partial charge on any atom is -0.475 e. The van der Waals surface area contributed by atoms with Crippen molar-refractivity contribution < 1.29 is 27.4 Å². The first-order chi connectivity index (χ1) is 13.2. The summed E-state index contributed by atoms with van der Waals surface area (Å²) in [5, 5.41) is 0.526. The number of carbonyl (C=O) groups is 1. The summed E-state index contributed by atoms with van der Waals surface area (Å²) in [5.41, 5.74) is 1.70. The predicted molar refractivity (Wildman–Crippen MR) is 100 cm³/mol. The zero-order chi connectivity index (χ0) is 20.5. The van der Waals surface area contributed by atoms with Crippen LogP contribution in [0.3, 0.4) is 0 Å². The lowest BCUT2D eigenvalue weighted by Gasteiger charge is -2.31. The number of alkyl halides is 3. The largest absolute Gasteiger partial charge is 0.475 e. The summed E-state index contributed by atoms with van der Waals surface area (Å²) in [4.78, 5) is 12.7. The summed E-state index contributed by atoms with van der Waals surface area (Å²) < 4.78 is 51.3. The number of esters is 1. The Labute approximate surface area is 165 Å². The molecule has 0 bridgehead atoms. The first kappa shape index (κ1) is 20.3. The quantitative estimate of drug-likeness (QED) is 0.590. The minimum atomic E-state index is -4.75. The molecule has 0 saturated heterocycles. The van der Waals surface area contributed by atoms with Crippen LogP contribution in [0.1, 0.15) is 30.0 Å². The standard InChI is InChI=1S/C21H18ClF3O3/c1-3-15-16-6-4-5-7-17(16)28-19(21(23,24)25)18(15)20(26)27-11-13-8-9-14(22)10-12(13)2/h4-10,19H,3,11H2,1-2H3. The number of ether oxygens (including phenoxy) is 2. The first-order valence-corrected chi connectivity index (χ1v) is 9.08. The van der Waals surface area contributed by atoms with Gasteiger partial charge in [0.25, 0.3) is 0 Å². The zero-order valence-electron chi connectivity index (χ0n) is 15.3. The Morgan fingerprint density at radius 1 is 1.21 bits per heavy atom. The summed E-state index contributed by atoms with van der Waals surface area (Å²) in [6.45, 7) is 3.32. The van der Waals surface area contributed by atoms with E-state index in [4.69, 9.17) is 21.1 Å². The predicted octanol–water partition coefficient (Wildman–Crippen LogP) is 5.88. The lowest BCUT2D eigenvalue weighted by molar-refractivity contribution is -0.188. The van der Waals surface area contributed by atoms with Gasteiger partial charge in [0.2, 0.25) is 6.10 Å². The maximum Gasteiger partial charge on any atom is 0.430 e. The number of rotatable bonds is 4. The maximum atomic E-state index is 13.6. The van der Waals surface area contributed by atoms with Crippen LogP contribution in [-0.4, -0.2) is 18.2 Å². The van der Waals surface area contributed by atoms with Crippen molar-refractivity contribution in [3.63, 3.8) is 0 Å². The third kappa shape index (κ3) is 4.02. The van der Waals surface area contributed by atoms with Gasteiger partial charge in [0, 0.05) is 10.6 Å². The molecule has 0 fully saturated rings. The van der Waals surface area contributed by atoms with Gasteiger partial charge < -0.3 is 9.47 Å². The van der Waals surface area contributed by atoms with Crippen LogP contribution in [0.15, 0.2) is 48.0 Å². The number of fused-ring (bicyclic) bond motifs is 1. The maximum absolute atomic E-state index is 13.6. The molecule has 1 heterocycles. The Bertz CT molecular complexity index is 935. The zero-order valence-corrected chi connectivity index (χ0v) is 16.0. The number of para-hydroxylation sites is 1. The molecule has 0 aliphatic carbocycles. The number of hydrogen-bond acceptors (Lipinski definition) is 3. The van der Waals surface area contributed by atoms with Crippen LogP contribution in [0.25, 0.3) is 5.57 Å². The first-order valence-electron chi connectivity index (χ1n) is 8.70. The van der Waals surface area contributed by atoms with Gasteiger partial charge in [-0.2, -0.15) is 13.2 Å². The Kier molecular flexibility index (Phi) is 5.70. The summed E-state index contributed by atoms with van der Waals surface area (Å²) in [6.07, 6.45) is -6.88. The summed E-state index contributed by atoms with van der Waals surface area (Å²) in [7, 11) is 0. The van der Waals surface area contributed by atoms with E-state index in [9.17, 15) is 18.0 Å². The highest BCUT2D eigenvalue weighted by Crippen LogP contribution is 2.43. The van der Waals surface area contributed by atoms with E-state index >= 15 is 0 Å². The molecule has 3 nitrogen and oxygen atoms in total. The third-order valence-electron chi connectivity index (χ3n) is 4.58. The van der Waals surface area contributed by atoms with Gasteiger partial charge in [-0.15, -0.1) is 0 Å². The lowest BCUT2D eigenvalue weighted by Crippen LogP contribution is -2.41. The van der Waals surface area contributed by atoms with Gasteiger partial charge in [0.15, 0.2) is 0 Å². The van der Waals surface area contributed by atoms with Crippen molar-refractivity contribution in [1.29, 1.82) is 0 Å². The van der Waals surface area contributed by atoms with E-state index in [2.05, 4.69) is 0 Å². The van der Waals surface area contributed by atoms with Crippen LogP contribution in [0.2, 0.25) is 5.02 Å². The molecule has 0 amide bonds. The van der Waals surface area contributed by atoms with Gasteiger partial charge in [0.05, 0.1) is 5.57 Å². The SMILES string of the molecule is CCC1=C(C(=O)OCc2ccc(Cl)cc2C)C(C(F)(F)F)Oc2ccccc21. The van der Waals surface area contributed by atoms with E-state index < -0.39 is 23.8 Å². The summed E-state index contributed by atoms with van der Waals surface area (Å²) in [5.74, 6) is -0.935. The van der Waals surface area contributed by atoms with E-state index in [1.807, 2.05) is 0 Å². The molecular formula is C21H18ClF3O3. The summed E-state index contributed by atoms with van der Waals surface area (Å²) >= 11 is 5.90. The average molecular weight is 411 g/mol. The van der Waals surface area contributed by atoms with E-state index in [1.165, 1.54) is 6.07 Å². The van der Waals surface area contributed by atoms with Crippen molar-refractivity contribution in [2.45, 2.75) is 39.2 Å². The smallest absolute Gasteiger partial charge is 0.430 e. The summed E-state index contributed by atoms with van der Waals surface area (Å²) in [6, 6.07) is 11.4. The van der Waals surface area contributed by atoms with E-state index in [1.54, 1.807) is 50.2 Å². The van der Waals surface area contributed by atoms with Crippen LogP contribution in [0.4, 0.5) is 13.2 Å². The highest BCUT2D eigenvalue weighted by Gasteiger charge is 2.50. The lowest BCUT2D eigenvalue weighted by atomic mass is 9.90. The fourth-order valence-electron chi connectivity index (χ4n) is 3.19. The van der Waals surface area contributed by atoms with Crippen LogP contribution in [0.5, 0.6) is 5.75 Å². The highest BCUT2D eigenvalue weighted by molar-refractivity contribution is 6.30. The van der Waals surface area contributed by atoms with Crippen molar-refractivity contribution in [1.82, 2.24) is 0 Å². The Morgan fingerprint density at radius 2 is 1.93 bits per heavy atom. The molecular weight excluding hydrogens is 393 g/mol. The van der Waals surface area contributed by atoms with Gasteiger partial charge in [-0.3, -0.25) is 0 Å². The number of benzene rings is 2. The van der Waals surface area contributed by atoms with E-state index in [0.29, 0.717) is 16.1 Å². The fraction of sp³-hybridized carbons (Fsp3) is 0.286. The molecule has 148 valence electrons. The molecule has 0 saturated carbocycles. The monoisotopic (exact) mass is 410 g/mol. The molecule has 1 unspecified atom stereocenters. The minimum absolute atomic E-state index is 0.103. The molecule has 2 aromatic rings. The second kappa shape index (κ2) is 7.87. The van der Waals surface area contributed by atoms with Gasteiger partial charge in [-0.25, -0.2) is 4.79 Å². The van der Waals surface area contributed by atoms with Crippen molar-refractivity contribution in [3.8, 4) is 5.75 Å². The van der Waals surface area contributed by atoms with Crippen LogP contribution < -0.4 is 4.74 Å².